The molecule has 0 aromatic carbocycles. The van der Waals surface area contributed by atoms with E-state index in [9.17, 15) is 0 Å². The van der Waals surface area contributed by atoms with E-state index in [0.29, 0.717) is 17.1 Å². The van der Waals surface area contributed by atoms with Crippen molar-refractivity contribution in [2.45, 2.75) is 64.8 Å². The fourth-order valence-electron chi connectivity index (χ4n) is 2.99. The summed E-state index contributed by atoms with van der Waals surface area (Å²) in [4.78, 5) is 8.50. The normalized spacial score (nSPS) is 23.6. The smallest absolute Gasteiger partial charge is 0.138 e. The van der Waals surface area contributed by atoms with Crippen LogP contribution in [0.15, 0.2) is 6.33 Å². The molecule has 1 aliphatic carbocycles. The van der Waals surface area contributed by atoms with Gasteiger partial charge in [0.25, 0.3) is 0 Å². The second kappa shape index (κ2) is 6.56. The molecule has 0 aliphatic heterocycles. The van der Waals surface area contributed by atoms with Gasteiger partial charge in [-0.3, -0.25) is 0 Å². The maximum absolute atomic E-state index is 6.21. The molecule has 2 rings (SSSR count). The molecule has 1 aromatic heterocycles. The van der Waals surface area contributed by atoms with Crippen LogP contribution >= 0.6 is 11.6 Å². The van der Waals surface area contributed by atoms with Crippen molar-refractivity contribution < 1.29 is 0 Å². The molecule has 0 saturated heterocycles. The van der Waals surface area contributed by atoms with Gasteiger partial charge in [-0.1, -0.05) is 51.6 Å². The van der Waals surface area contributed by atoms with Crippen LogP contribution in [0.1, 0.15) is 64.4 Å². The molecular formula is C15H24ClN3. The fourth-order valence-corrected chi connectivity index (χ4v) is 3.34. The van der Waals surface area contributed by atoms with Gasteiger partial charge in [0.2, 0.25) is 0 Å². The summed E-state index contributed by atoms with van der Waals surface area (Å²) in [7, 11) is 0. The lowest BCUT2D eigenvalue weighted by molar-refractivity contribution is 0.327. The van der Waals surface area contributed by atoms with E-state index in [1.54, 1.807) is 6.33 Å². The summed E-state index contributed by atoms with van der Waals surface area (Å²) in [6.45, 7) is 6.55. The number of nitrogens with zero attached hydrogens (tertiary/aromatic N) is 2. The number of hydrogen-bond donors (Lipinski definition) is 1. The molecule has 1 saturated carbocycles. The average Bonchev–Trinajstić information content (AvgIpc) is 2.38. The van der Waals surface area contributed by atoms with E-state index in [2.05, 4.69) is 36.1 Å². The molecule has 0 amide bonds. The van der Waals surface area contributed by atoms with E-state index in [4.69, 9.17) is 11.6 Å². The summed E-state index contributed by atoms with van der Waals surface area (Å²) in [5, 5.41) is 4.18. The molecule has 1 aromatic rings. The Morgan fingerprint density at radius 1 is 1.37 bits per heavy atom. The number of nitrogens with one attached hydrogen (secondary N) is 1. The molecule has 106 valence electrons. The maximum atomic E-state index is 6.21. The van der Waals surface area contributed by atoms with E-state index >= 15 is 0 Å². The Morgan fingerprint density at radius 3 is 2.84 bits per heavy atom. The molecule has 1 fully saturated rings. The van der Waals surface area contributed by atoms with E-state index < -0.39 is 0 Å². The van der Waals surface area contributed by atoms with E-state index in [1.807, 2.05) is 0 Å². The van der Waals surface area contributed by atoms with Crippen LogP contribution in [0.4, 0.5) is 5.82 Å². The van der Waals surface area contributed by atoms with Crippen molar-refractivity contribution in [2.75, 3.05) is 5.32 Å². The van der Waals surface area contributed by atoms with E-state index in [1.165, 1.54) is 32.1 Å². The van der Waals surface area contributed by atoms with Gasteiger partial charge in [0.1, 0.15) is 17.3 Å². The molecule has 2 atom stereocenters. The summed E-state index contributed by atoms with van der Waals surface area (Å²) in [6.07, 6.45) is 7.99. The third-order valence-electron chi connectivity index (χ3n) is 4.11. The van der Waals surface area contributed by atoms with Gasteiger partial charge in [0, 0.05) is 11.6 Å². The number of hydrogen-bond acceptors (Lipinski definition) is 3. The molecule has 4 heteroatoms. The quantitative estimate of drug-likeness (QED) is 0.818. The largest absolute Gasteiger partial charge is 0.367 e. The Balaban J connectivity index is 2.12. The Kier molecular flexibility index (Phi) is 5.03. The standard InChI is InChI=1S/C15H24ClN3/c1-4-11-6-5-7-12(8-11)19-15-13(10(2)3)14(16)17-9-18-15/h9-12H,4-8H2,1-3H3,(H,17,18,19). The molecular weight excluding hydrogens is 258 g/mol. The van der Waals surface area contributed by atoms with Crippen molar-refractivity contribution in [1.82, 2.24) is 9.97 Å². The van der Waals surface area contributed by atoms with Crippen LogP contribution in [0, 0.1) is 5.92 Å². The molecule has 3 nitrogen and oxygen atoms in total. The van der Waals surface area contributed by atoms with Crippen molar-refractivity contribution >= 4 is 17.4 Å². The molecule has 1 N–H and O–H groups in total. The van der Waals surface area contributed by atoms with E-state index in [-0.39, 0.29) is 0 Å². The zero-order chi connectivity index (χ0) is 13.8. The highest BCUT2D eigenvalue weighted by molar-refractivity contribution is 6.30. The van der Waals surface area contributed by atoms with Crippen LogP contribution in [0.25, 0.3) is 0 Å². The van der Waals surface area contributed by atoms with Crippen molar-refractivity contribution in [2.24, 2.45) is 5.92 Å². The van der Waals surface area contributed by atoms with E-state index in [0.717, 1.165) is 17.3 Å². The van der Waals surface area contributed by atoms with Crippen LogP contribution in [-0.2, 0) is 0 Å². The van der Waals surface area contributed by atoms with Crippen molar-refractivity contribution in [3.05, 3.63) is 17.0 Å². The third-order valence-corrected chi connectivity index (χ3v) is 4.41. The monoisotopic (exact) mass is 281 g/mol. The van der Waals surface area contributed by atoms with Crippen molar-refractivity contribution in [3.63, 3.8) is 0 Å². The second-order valence-electron chi connectivity index (χ2n) is 5.86. The first-order valence-electron chi connectivity index (χ1n) is 7.38. The van der Waals surface area contributed by atoms with Crippen molar-refractivity contribution in [3.8, 4) is 0 Å². The average molecular weight is 282 g/mol. The predicted molar refractivity (Wildman–Crippen MR) is 80.8 cm³/mol. The Bertz CT molecular complexity index is 420. The zero-order valence-electron chi connectivity index (χ0n) is 12.1. The first-order chi connectivity index (χ1) is 9.11. The molecule has 1 aliphatic rings. The second-order valence-corrected chi connectivity index (χ2v) is 6.22. The Morgan fingerprint density at radius 2 is 2.16 bits per heavy atom. The summed E-state index contributed by atoms with van der Waals surface area (Å²) in [6, 6.07) is 0.530. The highest BCUT2D eigenvalue weighted by Gasteiger charge is 2.23. The summed E-state index contributed by atoms with van der Waals surface area (Å²) < 4.78 is 0. The molecule has 1 heterocycles. The van der Waals surface area contributed by atoms with Crippen LogP contribution in [0.2, 0.25) is 5.15 Å². The van der Waals surface area contributed by atoms with Gasteiger partial charge in [-0.15, -0.1) is 0 Å². The number of aromatic nitrogens is 2. The van der Waals surface area contributed by atoms with Gasteiger partial charge >= 0.3 is 0 Å². The fraction of sp³-hybridized carbons (Fsp3) is 0.733. The van der Waals surface area contributed by atoms with Gasteiger partial charge in [0.15, 0.2) is 0 Å². The zero-order valence-corrected chi connectivity index (χ0v) is 12.9. The number of rotatable bonds is 4. The first kappa shape index (κ1) is 14.6. The lowest BCUT2D eigenvalue weighted by Crippen LogP contribution is -2.28. The lowest BCUT2D eigenvalue weighted by atomic mass is 9.84. The Labute approximate surface area is 121 Å². The predicted octanol–water partition coefficient (Wildman–Crippen LogP) is 4.63. The summed E-state index contributed by atoms with van der Waals surface area (Å²) >= 11 is 6.21. The number of anilines is 1. The minimum Gasteiger partial charge on any atom is -0.367 e. The van der Waals surface area contributed by atoms with Crippen LogP contribution in [0.5, 0.6) is 0 Å². The first-order valence-corrected chi connectivity index (χ1v) is 7.76. The molecule has 0 bridgehead atoms. The summed E-state index contributed by atoms with van der Waals surface area (Å²) in [5.41, 5.74) is 1.04. The van der Waals surface area contributed by atoms with Gasteiger partial charge in [0.05, 0.1) is 0 Å². The van der Waals surface area contributed by atoms with Gasteiger partial charge in [-0.2, -0.15) is 0 Å². The summed E-state index contributed by atoms with van der Waals surface area (Å²) in [5.74, 6) is 2.12. The van der Waals surface area contributed by atoms with Gasteiger partial charge in [-0.05, 0) is 24.7 Å². The van der Waals surface area contributed by atoms with Crippen LogP contribution in [-0.4, -0.2) is 16.0 Å². The molecule has 0 spiro atoms. The Hall–Kier alpha value is -0.830. The van der Waals surface area contributed by atoms with Crippen molar-refractivity contribution in [1.29, 1.82) is 0 Å². The highest BCUT2D eigenvalue weighted by atomic mass is 35.5. The maximum Gasteiger partial charge on any atom is 0.138 e. The van der Waals surface area contributed by atoms with Gasteiger partial charge in [-0.25, -0.2) is 9.97 Å². The van der Waals surface area contributed by atoms with Crippen LogP contribution in [0.3, 0.4) is 0 Å². The lowest BCUT2D eigenvalue weighted by Gasteiger charge is -2.30. The minimum absolute atomic E-state index is 0.335. The molecule has 2 unspecified atom stereocenters. The minimum atomic E-state index is 0.335. The van der Waals surface area contributed by atoms with Crippen LogP contribution < -0.4 is 5.32 Å². The molecule has 19 heavy (non-hydrogen) atoms. The van der Waals surface area contributed by atoms with Gasteiger partial charge < -0.3 is 5.32 Å². The molecule has 0 radical (unpaired) electrons. The SMILES string of the molecule is CCC1CCCC(Nc2ncnc(Cl)c2C(C)C)C1. The topological polar surface area (TPSA) is 37.8 Å². The number of halogens is 1. The highest BCUT2D eigenvalue weighted by Crippen LogP contribution is 2.32. The third kappa shape index (κ3) is 3.59.